The Labute approximate surface area is 89.7 Å². The van der Waals surface area contributed by atoms with Gasteiger partial charge in [-0.25, -0.2) is 9.78 Å². The van der Waals surface area contributed by atoms with E-state index >= 15 is 0 Å². The molecule has 1 heterocycles. The van der Waals surface area contributed by atoms with Gasteiger partial charge in [-0.15, -0.1) is 0 Å². The maximum absolute atomic E-state index is 11.6. The predicted octanol–water partition coefficient (Wildman–Crippen LogP) is 0.990. The fourth-order valence-electron chi connectivity index (χ4n) is 1.40. The molecule has 0 spiro atoms. The van der Waals surface area contributed by atoms with Crippen LogP contribution in [0.1, 0.15) is 0 Å². The normalized spacial score (nSPS) is 10.3. The van der Waals surface area contributed by atoms with Crippen LogP contribution < -0.4 is 10.3 Å². The lowest BCUT2D eigenvalue weighted by Gasteiger charge is -2.05. The number of hydrogen-bond donors (Lipinski definition) is 1. The second kappa shape index (κ2) is 3.65. The molecule has 2 aromatic rings. The van der Waals surface area contributed by atoms with E-state index < -0.39 is 17.6 Å². The van der Waals surface area contributed by atoms with E-state index in [1.807, 2.05) is 0 Å². The van der Waals surface area contributed by atoms with Gasteiger partial charge in [0.05, 0.1) is 11.0 Å². The Morgan fingerprint density at radius 1 is 1.44 bits per heavy atom. The Hall–Kier alpha value is -2.37. The molecule has 6 heteroatoms. The zero-order chi connectivity index (χ0) is 11.7. The van der Waals surface area contributed by atoms with Gasteiger partial charge in [-0.05, 0) is 12.1 Å². The number of carbonyl (C=O) groups is 1. The fraction of sp³-hybridized carbons (Fsp3) is 0.100. The largest absolute Gasteiger partial charge is 0.512 e. The smallest absolute Gasteiger partial charge is 0.449 e. The van der Waals surface area contributed by atoms with Crippen molar-refractivity contribution in [3.8, 4) is 5.88 Å². The first-order valence-corrected chi connectivity index (χ1v) is 4.46. The van der Waals surface area contributed by atoms with Crippen LogP contribution in [0.3, 0.4) is 0 Å². The van der Waals surface area contributed by atoms with Gasteiger partial charge in [-0.3, -0.25) is 4.79 Å². The molecule has 0 fully saturated rings. The molecule has 82 valence electrons. The number of carboxylic acid groups (broad SMARTS) is 1. The lowest BCUT2D eigenvalue weighted by molar-refractivity contribution is 0.142. The van der Waals surface area contributed by atoms with Gasteiger partial charge >= 0.3 is 11.7 Å². The molecule has 0 aliphatic heterocycles. The third-order valence-electron chi connectivity index (χ3n) is 2.14. The van der Waals surface area contributed by atoms with Gasteiger partial charge in [0, 0.05) is 7.05 Å². The molecule has 2 rings (SSSR count). The Morgan fingerprint density at radius 3 is 2.81 bits per heavy atom. The Balaban J connectivity index is 2.74. The van der Waals surface area contributed by atoms with Gasteiger partial charge in [0.1, 0.15) is 0 Å². The number of rotatable bonds is 1. The van der Waals surface area contributed by atoms with Gasteiger partial charge in [-0.1, -0.05) is 12.1 Å². The SMILES string of the molecule is Cn1c(=O)c(OC(=O)O)nc2ccccc21. The fourth-order valence-corrected chi connectivity index (χ4v) is 1.40. The molecule has 0 aliphatic carbocycles. The van der Waals surface area contributed by atoms with E-state index in [0.29, 0.717) is 11.0 Å². The Bertz CT molecular complexity index is 618. The van der Waals surface area contributed by atoms with Crippen LogP contribution in [0.25, 0.3) is 11.0 Å². The second-order valence-electron chi connectivity index (χ2n) is 3.14. The van der Waals surface area contributed by atoms with Crippen molar-refractivity contribution < 1.29 is 14.6 Å². The van der Waals surface area contributed by atoms with Crippen LogP contribution in [0.2, 0.25) is 0 Å². The molecule has 0 saturated carbocycles. The van der Waals surface area contributed by atoms with E-state index in [1.165, 1.54) is 11.6 Å². The summed E-state index contributed by atoms with van der Waals surface area (Å²) in [7, 11) is 1.53. The lowest BCUT2D eigenvalue weighted by Crippen LogP contribution is -2.22. The highest BCUT2D eigenvalue weighted by atomic mass is 16.7. The number of aryl methyl sites for hydroxylation is 1. The van der Waals surface area contributed by atoms with E-state index in [9.17, 15) is 9.59 Å². The quantitative estimate of drug-likeness (QED) is 0.725. The zero-order valence-corrected chi connectivity index (χ0v) is 8.38. The van der Waals surface area contributed by atoms with Crippen LogP contribution in [-0.4, -0.2) is 20.8 Å². The van der Waals surface area contributed by atoms with Crippen LogP contribution in [0.15, 0.2) is 29.1 Å². The van der Waals surface area contributed by atoms with Crippen molar-refractivity contribution in [2.45, 2.75) is 0 Å². The summed E-state index contributed by atoms with van der Waals surface area (Å²) in [5.41, 5.74) is 0.534. The van der Waals surface area contributed by atoms with Crippen molar-refractivity contribution in [1.29, 1.82) is 0 Å². The summed E-state index contributed by atoms with van der Waals surface area (Å²) in [5, 5.41) is 8.44. The molecule has 16 heavy (non-hydrogen) atoms. The third kappa shape index (κ3) is 1.60. The number of ether oxygens (including phenoxy) is 1. The van der Waals surface area contributed by atoms with Crippen LogP contribution in [0, 0.1) is 0 Å². The molecular weight excluding hydrogens is 212 g/mol. The predicted molar refractivity (Wildman–Crippen MR) is 55.6 cm³/mol. The summed E-state index contributed by atoms with van der Waals surface area (Å²) in [6.07, 6.45) is -1.56. The van der Waals surface area contributed by atoms with E-state index in [4.69, 9.17) is 5.11 Å². The van der Waals surface area contributed by atoms with E-state index in [1.54, 1.807) is 24.3 Å². The van der Waals surface area contributed by atoms with Gasteiger partial charge in [0.2, 0.25) is 0 Å². The Kier molecular flexibility index (Phi) is 2.32. The topological polar surface area (TPSA) is 81.4 Å². The highest BCUT2D eigenvalue weighted by Crippen LogP contribution is 2.11. The molecule has 0 aliphatic rings. The summed E-state index contributed by atoms with van der Waals surface area (Å²) >= 11 is 0. The molecule has 0 atom stereocenters. The number of hydrogen-bond acceptors (Lipinski definition) is 4. The Morgan fingerprint density at radius 2 is 2.12 bits per heavy atom. The van der Waals surface area contributed by atoms with Gasteiger partial charge in [0.25, 0.3) is 5.88 Å². The average molecular weight is 220 g/mol. The summed E-state index contributed by atoms with van der Waals surface area (Å²) in [6.45, 7) is 0. The van der Waals surface area contributed by atoms with Crippen molar-refractivity contribution >= 4 is 17.2 Å². The minimum absolute atomic E-state index is 0.436. The first kappa shape index (κ1) is 10.2. The van der Waals surface area contributed by atoms with Crippen molar-refractivity contribution in [2.24, 2.45) is 7.05 Å². The molecule has 0 amide bonds. The average Bonchev–Trinajstić information content (AvgIpc) is 2.25. The molecular formula is C10H8N2O4. The second-order valence-corrected chi connectivity index (χ2v) is 3.14. The van der Waals surface area contributed by atoms with Gasteiger partial charge < -0.3 is 14.4 Å². The first-order valence-electron chi connectivity index (χ1n) is 4.46. The number of aromatic nitrogens is 2. The molecule has 1 N–H and O–H groups in total. The summed E-state index contributed by atoms with van der Waals surface area (Å²) < 4.78 is 5.60. The van der Waals surface area contributed by atoms with E-state index in [0.717, 1.165) is 0 Å². The van der Waals surface area contributed by atoms with Gasteiger partial charge in [-0.2, -0.15) is 0 Å². The molecule has 1 aromatic heterocycles. The number of fused-ring (bicyclic) bond motifs is 1. The molecule has 1 aromatic carbocycles. The molecule has 0 saturated heterocycles. The minimum atomic E-state index is -1.56. The highest BCUT2D eigenvalue weighted by molar-refractivity contribution is 5.75. The van der Waals surface area contributed by atoms with Crippen LogP contribution >= 0.6 is 0 Å². The third-order valence-corrected chi connectivity index (χ3v) is 2.14. The number of para-hydroxylation sites is 2. The standard InChI is InChI=1S/C10H8N2O4/c1-12-7-5-3-2-4-6(7)11-8(9(12)13)16-10(14)15/h2-5H,1H3,(H,14,15). The molecule has 0 radical (unpaired) electrons. The van der Waals surface area contributed by atoms with E-state index in [-0.39, 0.29) is 0 Å². The minimum Gasteiger partial charge on any atom is -0.449 e. The first-order chi connectivity index (χ1) is 7.59. The van der Waals surface area contributed by atoms with Crippen LogP contribution in [0.4, 0.5) is 4.79 Å². The van der Waals surface area contributed by atoms with Crippen molar-refractivity contribution in [3.05, 3.63) is 34.6 Å². The van der Waals surface area contributed by atoms with Crippen molar-refractivity contribution in [3.63, 3.8) is 0 Å². The van der Waals surface area contributed by atoms with Crippen molar-refractivity contribution in [2.75, 3.05) is 0 Å². The summed E-state index contributed by atoms with van der Waals surface area (Å²) in [4.78, 5) is 25.8. The summed E-state index contributed by atoms with van der Waals surface area (Å²) in [6, 6.07) is 6.89. The van der Waals surface area contributed by atoms with Crippen molar-refractivity contribution in [1.82, 2.24) is 9.55 Å². The van der Waals surface area contributed by atoms with Crippen LogP contribution in [0.5, 0.6) is 5.88 Å². The lowest BCUT2D eigenvalue weighted by atomic mass is 10.3. The number of nitrogens with zero attached hydrogens (tertiary/aromatic N) is 2. The van der Waals surface area contributed by atoms with Gasteiger partial charge in [0.15, 0.2) is 0 Å². The number of benzene rings is 1. The maximum atomic E-state index is 11.6. The summed E-state index contributed by atoms with van der Waals surface area (Å²) in [5.74, 6) is -0.436. The monoisotopic (exact) mass is 220 g/mol. The zero-order valence-electron chi connectivity index (χ0n) is 8.38. The van der Waals surface area contributed by atoms with E-state index in [2.05, 4.69) is 9.72 Å². The molecule has 6 nitrogen and oxygen atoms in total. The maximum Gasteiger partial charge on any atom is 0.512 e. The molecule has 0 unspecified atom stereocenters. The highest BCUT2D eigenvalue weighted by Gasteiger charge is 2.12. The molecule has 0 bridgehead atoms. The van der Waals surface area contributed by atoms with Crippen LogP contribution in [-0.2, 0) is 7.05 Å².